The van der Waals surface area contributed by atoms with E-state index in [1.54, 1.807) is 21.3 Å². The second kappa shape index (κ2) is 9.04. The van der Waals surface area contributed by atoms with Gasteiger partial charge in [-0.05, 0) is 35.4 Å². The van der Waals surface area contributed by atoms with Crippen LogP contribution in [-0.4, -0.2) is 43.4 Å². The minimum absolute atomic E-state index is 0.116. The van der Waals surface area contributed by atoms with Gasteiger partial charge in [-0.15, -0.1) is 0 Å². The van der Waals surface area contributed by atoms with Gasteiger partial charge >= 0.3 is 6.03 Å². The number of hydrogen-bond acceptors (Lipinski definition) is 4. The van der Waals surface area contributed by atoms with Crippen LogP contribution < -0.4 is 19.5 Å². The molecule has 1 unspecified atom stereocenters. The maximum Gasteiger partial charge on any atom is 0.318 e. The molecule has 1 aromatic heterocycles. The van der Waals surface area contributed by atoms with Crippen molar-refractivity contribution in [2.24, 2.45) is 0 Å². The van der Waals surface area contributed by atoms with Crippen molar-refractivity contribution in [1.82, 2.24) is 14.8 Å². The molecule has 0 saturated heterocycles. The second-order valence-corrected chi connectivity index (χ2v) is 7.33. The molecule has 7 heteroatoms. The summed E-state index contributed by atoms with van der Waals surface area (Å²) in [4.78, 5) is 15.1. The zero-order valence-corrected chi connectivity index (χ0v) is 18.0. The topological polar surface area (TPSA) is 65.0 Å². The molecular weight excluding hydrogens is 394 g/mol. The summed E-state index contributed by atoms with van der Waals surface area (Å²) < 4.78 is 18.7. The third-order valence-electron chi connectivity index (χ3n) is 5.59. The van der Waals surface area contributed by atoms with E-state index in [0.717, 1.165) is 23.4 Å². The predicted molar refractivity (Wildman–Crippen MR) is 118 cm³/mol. The molecule has 4 rings (SSSR count). The molecule has 1 aliphatic heterocycles. The Morgan fingerprint density at radius 2 is 1.68 bits per heavy atom. The highest BCUT2D eigenvalue weighted by Crippen LogP contribution is 2.43. The van der Waals surface area contributed by atoms with Gasteiger partial charge in [-0.2, -0.15) is 0 Å². The summed E-state index contributed by atoms with van der Waals surface area (Å²) in [6.45, 7) is 1.80. The Morgan fingerprint density at radius 3 is 2.32 bits per heavy atom. The number of carbonyl (C=O) groups excluding carboxylic acids is 1. The average molecular weight is 421 g/mol. The quantitative estimate of drug-likeness (QED) is 0.657. The average Bonchev–Trinajstić information content (AvgIpc) is 3.30. The molecule has 0 spiro atoms. The van der Waals surface area contributed by atoms with Gasteiger partial charge in [0.15, 0.2) is 11.5 Å². The molecule has 1 aliphatic rings. The number of nitrogens with zero attached hydrogens (tertiary/aromatic N) is 2. The predicted octanol–water partition coefficient (Wildman–Crippen LogP) is 3.83. The Morgan fingerprint density at radius 1 is 0.968 bits per heavy atom. The summed E-state index contributed by atoms with van der Waals surface area (Å²) in [5.41, 5.74) is 2.99. The molecule has 7 nitrogen and oxygen atoms in total. The first-order chi connectivity index (χ1) is 15.2. The van der Waals surface area contributed by atoms with Crippen molar-refractivity contribution in [2.75, 3.05) is 27.9 Å². The molecule has 1 atom stereocenters. The highest BCUT2D eigenvalue weighted by atomic mass is 16.5. The molecule has 0 fully saturated rings. The lowest BCUT2D eigenvalue weighted by Gasteiger charge is -2.37. The lowest BCUT2D eigenvalue weighted by molar-refractivity contribution is 0.168. The Hall–Kier alpha value is -3.61. The first-order valence-electron chi connectivity index (χ1n) is 10.2. The highest BCUT2D eigenvalue weighted by Gasteiger charge is 2.33. The van der Waals surface area contributed by atoms with Gasteiger partial charge < -0.3 is 29.0 Å². The van der Waals surface area contributed by atoms with Gasteiger partial charge in [0.2, 0.25) is 5.75 Å². The van der Waals surface area contributed by atoms with E-state index >= 15 is 0 Å². The molecule has 0 saturated carbocycles. The van der Waals surface area contributed by atoms with Gasteiger partial charge in [0.05, 0.1) is 27.4 Å². The van der Waals surface area contributed by atoms with Crippen molar-refractivity contribution in [3.8, 4) is 17.2 Å². The van der Waals surface area contributed by atoms with E-state index in [1.807, 2.05) is 65.7 Å². The number of amides is 2. The first kappa shape index (κ1) is 20.7. The van der Waals surface area contributed by atoms with E-state index in [9.17, 15) is 4.79 Å². The molecular formula is C24H27N3O4. The van der Waals surface area contributed by atoms with Crippen molar-refractivity contribution in [1.29, 1.82) is 0 Å². The van der Waals surface area contributed by atoms with Crippen LogP contribution in [0.1, 0.15) is 22.9 Å². The minimum Gasteiger partial charge on any atom is -0.493 e. The number of benzene rings is 2. The van der Waals surface area contributed by atoms with Gasteiger partial charge in [0.1, 0.15) is 0 Å². The van der Waals surface area contributed by atoms with Gasteiger partial charge in [0.25, 0.3) is 0 Å². The SMILES string of the molecule is COc1cc(C2c3cccn3CCN2C(=O)NCc2ccccc2)cc(OC)c1OC. The van der Waals surface area contributed by atoms with E-state index in [2.05, 4.69) is 9.88 Å². The smallest absolute Gasteiger partial charge is 0.318 e. The van der Waals surface area contributed by atoms with Crippen LogP contribution in [0.2, 0.25) is 0 Å². The number of urea groups is 1. The number of nitrogens with one attached hydrogen (secondary N) is 1. The zero-order valence-electron chi connectivity index (χ0n) is 18.0. The van der Waals surface area contributed by atoms with Crippen LogP contribution in [0.3, 0.4) is 0 Å². The van der Waals surface area contributed by atoms with E-state index in [-0.39, 0.29) is 12.1 Å². The van der Waals surface area contributed by atoms with Crippen LogP contribution in [-0.2, 0) is 13.1 Å². The van der Waals surface area contributed by atoms with Crippen molar-refractivity contribution < 1.29 is 19.0 Å². The lowest BCUT2D eigenvalue weighted by Crippen LogP contribution is -2.47. The maximum atomic E-state index is 13.2. The Balaban J connectivity index is 1.69. The first-order valence-corrected chi connectivity index (χ1v) is 10.2. The fourth-order valence-corrected chi connectivity index (χ4v) is 4.09. The third kappa shape index (κ3) is 4.03. The van der Waals surface area contributed by atoms with Crippen molar-refractivity contribution >= 4 is 6.03 Å². The normalized spacial score (nSPS) is 15.2. The van der Waals surface area contributed by atoms with E-state index < -0.39 is 0 Å². The monoisotopic (exact) mass is 421 g/mol. The number of fused-ring (bicyclic) bond motifs is 1. The number of rotatable bonds is 6. The number of carbonyl (C=O) groups is 1. The Labute approximate surface area is 182 Å². The molecule has 3 aromatic rings. The van der Waals surface area contributed by atoms with Gasteiger partial charge in [-0.25, -0.2) is 4.79 Å². The molecule has 2 amide bonds. The number of hydrogen-bond donors (Lipinski definition) is 1. The van der Waals surface area contributed by atoms with E-state index in [0.29, 0.717) is 30.3 Å². The van der Waals surface area contributed by atoms with Crippen LogP contribution in [0.5, 0.6) is 17.2 Å². The van der Waals surface area contributed by atoms with Gasteiger partial charge in [0, 0.05) is 31.5 Å². The summed E-state index contributed by atoms with van der Waals surface area (Å²) >= 11 is 0. The summed E-state index contributed by atoms with van der Waals surface area (Å²) in [7, 11) is 4.76. The largest absolute Gasteiger partial charge is 0.493 e. The lowest BCUT2D eigenvalue weighted by atomic mass is 9.99. The highest BCUT2D eigenvalue weighted by molar-refractivity contribution is 5.75. The van der Waals surface area contributed by atoms with Crippen molar-refractivity contribution in [2.45, 2.75) is 19.1 Å². The van der Waals surface area contributed by atoms with Crippen LogP contribution in [0.4, 0.5) is 4.79 Å². The molecule has 162 valence electrons. The van der Waals surface area contributed by atoms with Crippen LogP contribution in [0.25, 0.3) is 0 Å². The standard InChI is InChI=1S/C24H27N3O4/c1-29-20-14-18(15-21(30-2)23(20)31-3)22-19-10-7-11-26(19)12-13-27(22)24(28)25-16-17-8-5-4-6-9-17/h4-11,14-15,22H,12-13,16H2,1-3H3,(H,25,28). The number of aromatic nitrogens is 1. The van der Waals surface area contributed by atoms with Crippen molar-refractivity contribution in [3.05, 3.63) is 77.6 Å². The molecule has 0 bridgehead atoms. The third-order valence-corrected chi connectivity index (χ3v) is 5.59. The fourth-order valence-electron chi connectivity index (χ4n) is 4.09. The maximum absolute atomic E-state index is 13.2. The summed E-state index contributed by atoms with van der Waals surface area (Å²) in [5.74, 6) is 1.65. The summed E-state index contributed by atoms with van der Waals surface area (Å²) in [6.07, 6.45) is 2.04. The van der Waals surface area contributed by atoms with Crippen molar-refractivity contribution in [3.63, 3.8) is 0 Å². The molecule has 31 heavy (non-hydrogen) atoms. The van der Waals surface area contributed by atoms with Crippen LogP contribution >= 0.6 is 0 Å². The summed E-state index contributed by atoms with van der Waals surface area (Å²) in [5, 5.41) is 3.06. The fraction of sp³-hybridized carbons (Fsp3) is 0.292. The Kier molecular flexibility index (Phi) is 6.02. The molecule has 0 radical (unpaired) electrons. The van der Waals surface area contributed by atoms with Gasteiger partial charge in [-0.1, -0.05) is 30.3 Å². The number of methoxy groups -OCH3 is 3. The Bertz CT molecular complexity index is 1020. The number of ether oxygens (including phenoxy) is 3. The van der Waals surface area contributed by atoms with E-state index in [1.165, 1.54) is 0 Å². The van der Waals surface area contributed by atoms with Crippen LogP contribution in [0.15, 0.2) is 60.8 Å². The van der Waals surface area contributed by atoms with Crippen LogP contribution in [0, 0.1) is 0 Å². The minimum atomic E-state index is -0.284. The zero-order chi connectivity index (χ0) is 21.8. The van der Waals surface area contributed by atoms with Gasteiger partial charge in [-0.3, -0.25) is 0 Å². The molecule has 1 N–H and O–H groups in total. The molecule has 2 aromatic carbocycles. The molecule has 0 aliphatic carbocycles. The molecule has 2 heterocycles. The second-order valence-electron chi connectivity index (χ2n) is 7.33. The van der Waals surface area contributed by atoms with E-state index in [4.69, 9.17) is 14.2 Å². The summed E-state index contributed by atoms with van der Waals surface area (Å²) in [6, 6.07) is 17.4.